The first-order chi connectivity index (χ1) is 8.06. The molecule has 0 aromatic heterocycles. The van der Waals surface area contributed by atoms with Crippen LogP contribution in [0.2, 0.25) is 0 Å². The molecule has 0 radical (unpaired) electrons. The van der Waals surface area contributed by atoms with Crippen LogP contribution in [0.25, 0.3) is 0 Å². The first kappa shape index (κ1) is 15.8. The van der Waals surface area contributed by atoms with Gasteiger partial charge in [-0.3, -0.25) is 0 Å². The van der Waals surface area contributed by atoms with Crippen molar-refractivity contribution < 1.29 is 14.3 Å². The number of ether oxygens (including phenoxy) is 2. The molecule has 0 bridgehead atoms. The van der Waals surface area contributed by atoms with Gasteiger partial charge < -0.3 is 9.47 Å². The van der Waals surface area contributed by atoms with E-state index in [1.165, 1.54) is 11.1 Å². The van der Waals surface area contributed by atoms with Crippen LogP contribution in [-0.4, -0.2) is 19.4 Å². The van der Waals surface area contributed by atoms with Crippen molar-refractivity contribution in [2.24, 2.45) is 0 Å². The van der Waals surface area contributed by atoms with Gasteiger partial charge in [0.1, 0.15) is 6.61 Å². The van der Waals surface area contributed by atoms with Crippen LogP contribution < -0.4 is 0 Å². The van der Waals surface area contributed by atoms with Crippen molar-refractivity contribution in [3.05, 3.63) is 23.3 Å². The number of carbonyl (C=O) groups excluding carboxylic acids is 1. The molecule has 3 heteroatoms. The SMILES string of the molecule is CCCOC(=O)OC/C=C(\C)CCC=C(C)C. The standard InChI is InChI=1S/C14H24O3/c1-5-10-16-14(15)17-11-9-13(4)8-6-7-12(2)3/h7,9H,5-6,8,10-11H2,1-4H3/b13-9+. The van der Waals surface area contributed by atoms with Gasteiger partial charge in [-0.2, -0.15) is 0 Å². The number of allylic oxidation sites excluding steroid dienone is 3. The van der Waals surface area contributed by atoms with Gasteiger partial charge in [-0.15, -0.1) is 0 Å². The summed E-state index contributed by atoms with van der Waals surface area (Å²) in [5.41, 5.74) is 2.56. The molecule has 0 aliphatic heterocycles. The average molecular weight is 240 g/mol. The third kappa shape index (κ3) is 11.0. The molecule has 0 N–H and O–H groups in total. The second kappa shape index (κ2) is 9.94. The van der Waals surface area contributed by atoms with Gasteiger partial charge in [0.25, 0.3) is 0 Å². The molecule has 0 rings (SSSR count). The van der Waals surface area contributed by atoms with Gasteiger partial charge in [-0.1, -0.05) is 24.1 Å². The molecular weight excluding hydrogens is 216 g/mol. The normalized spacial score (nSPS) is 10.9. The average Bonchev–Trinajstić information content (AvgIpc) is 2.25. The van der Waals surface area contributed by atoms with Crippen LogP contribution >= 0.6 is 0 Å². The van der Waals surface area contributed by atoms with Gasteiger partial charge in [-0.25, -0.2) is 4.79 Å². The van der Waals surface area contributed by atoms with E-state index in [0.29, 0.717) is 13.2 Å². The molecule has 0 amide bonds. The molecule has 98 valence electrons. The topological polar surface area (TPSA) is 35.5 Å². The van der Waals surface area contributed by atoms with Crippen LogP contribution in [0, 0.1) is 0 Å². The minimum Gasteiger partial charge on any atom is -0.434 e. The van der Waals surface area contributed by atoms with Gasteiger partial charge in [0.15, 0.2) is 0 Å². The van der Waals surface area contributed by atoms with Crippen molar-refractivity contribution >= 4 is 6.16 Å². The lowest BCUT2D eigenvalue weighted by Gasteiger charge is -2.03. The molecule has 0 heterocycles. The molecule has 0 aliphatic rings. The number of carbonyl (C=O) groups is 1. The Morgan fingerprint density at radius 2 is 1.82 bits per heavy atom. The zero-order chi connectivity index (χ0) is 13.1. The van der Waals surface area contributed by atoms with E-state index in [-0.39, 0.29) is 0 Å². The van der Waals surface area contributed by atoms with Crippen LogP contribution in [0.15, 0.2) is 23.3 Å². The van der Waals surface area contributed by atoms with Gasteiger partial charge in [-0.05, 0) is 46.1 Å². The monoisotopic (exact) mass is 240 g/mol. The minimum absolute atomic E-state index is 0.295. The lowest BCUT2D eigenvalue weighted by molar-refractivity contribution is 0.0632. The maximum absolute atomic E-state index is 11.0. The van der Waals surface area contributed by atoms with Crippen molar-refractivity contribution in [1.82, 2.24) is 0 Å². The third-order valence-electron chi connectivity index (χ3n) is 2.15. The zero-order valence-electron chi connectivity index (χ0n) is 11.4. The van der Waals surface area contributed by atoms with E-state index in [4.69, 9.17) is 9.47 Å². The lowest BCUT2D eigenvalue weighted by Crippen LogP contribution is -2.08. The Morgan fingerprint density at radius 1 is 1.12 bits per heavy atom. The van der Waals surface area contributed by atoms with Gasteiger partial charge in [0.2, 0.25) is 0 Å². The predicted molar refractivity (Wildman–Crippen MR) is 70.0 cm³/mol. The van der Waals surface area contributed by atoms with E-state index in [1.54, 1.807) is 0 Å². The summed E-state index contributed by atoms with van der Waals surface area (Å²) in [5, 5.41) is 0. The molecular formula is C14H24O3. The second-order valence-electron chi connectivity index (χ2n) is 4.28. The highest BCUT2D eigenvalue weighted by atomic mass is 16.7. The Labute approximate surface area is 104 Å². The van der Waals surface area contributed by atoms with Crippen molar-refractivity contribution in [3.63, 3.8) is 0 Å². The molecule has 3 nitrogen and oxygen atoms in total. The van der Waals surface area contributed by atoms with Crippen molar-refractivity contribution in [2.45, 2.75) is 47.0 Å². The molecule has 0 fully saturated rings. The fourth-order valence-corrected chi connectivity index (χ4v) is 1.17. The summed E-state index contributed by atoms with van der Waals surface area (Å²) in [7, 11) is 0. The van der Waals surface area contributed by atoms with Crippen molar-refractivity contribution in [2.75, 3.05) is 13.2 Å². The van der Waals surface area contributed by atoms with E-state index in [9.17, 15) is 4.79 Å². The minimum atomic E-state index is -0.583. The van der Waals surface area contributed by atoms with Gasteiger partial charge in [0, 0.05) is 0 Å². The smallest absolute Gasteiger partial charge is 0.434 e. The zero-order valence-corrected chi connectivity index (χ0v) is 11.4. The molecule has 0 atom stereocenters. The van der Waals surface area contributed by atoms with E-state index in [1.807, 2.05) is 19.9 Å². The highest BCUT2D eigenvalue weighted by Gasteiger charge is 2.00. The Morgan fingerprint density at radius 3 is 2.41 bits per heavy atom. The highest BCUT2D eigenvalue weighted by molar-refractivity contribution is 5.59. The fourth-order valence-electron chi connectivity index (χ4n) is 1.17. The second-order valence-corrected chi connectivity index (χ2v) is 4.28. The molecule has 0 saturated heterocycles. The highest BCUT2D eigenvalue weighted by Crippen LogP contribution is 2.06. The Hall–Kier alpha value is -1.25. The summed E-state index contributed by atoms with van der Waals surface area (Å²) in [6, 6.07) is 0. The summed E-state index contributed by atoms with van der Waals surface area (Å²) in [6.07, 6.45) is 6.39. The molecule has 0 aromatic rings. The molecule has 0 saturated carbocycles. The van der Waals surface area contributed by atoms with Crippen molar-refractivity contribution in [3.8, 4) is 0 Å². The summed E-state index contributed by atoms with van der Waals surface area (Å²) in [5.74, 6) is 0. The Bertz CT molecular complexity index is 273. The first-order valence-electron chi connectivity index (χ1n) is 6.14. The summed E-state index contributed by atoms with van der Waals surface area (Å²) >= 11 is 0. The maximum Gasteiger partial charge on any atom is 0.508 e. The van der Waals surface area contributed by atoms with Crippen LogP contribution in [0.3, 0.4) is 0 Å². The Kier molecular flexibility index (Phi) is 9.21. The van der Waals surface area contributed by atoms with E-state index < -0.39 is 6.16 Å². The van der Waals surface area contributed by atoms with Gasteiger partial charge >= 0.3 is 6.16 Å². The summed E-state index contributed by atoms with van der Waals surface area (Å²) in [6.45, 7) is 8.88. The molecule has 17 heavy (non-hydrogen) atoms. The number of rotatable bonds is 7. The van der Waals surface area contributed by atoms with E-state index in [2.05, 4.69) is 19.9 Å². The first-order valence-corrected chi connectivity index (χ1v) is 6.14. The van der Waals surface area contributed by atoms with Crippen LogP contribution in [-0.2, 0) is 9.47 Å². The van der Waals surface area contributed by atoms with Crippen molar-refractivity contribution in [1.29, 1.82) is 0 Å². The molecule has 0 spiro atoms. The van der Waals surface area contributed by atoms with Gasteiger partial charge in [0.05, 0.1) is 6.61 Å². The summed E-state index contributed by atoms with van der Waals surface area (Å²) in [4.78, 5) is 11.0. The van der Waals surface area contributed by atoms with Crippen LogP contribution in [0.5, 0.6) is 0 Å². The molecule has 0 aromatic carbocycles. The largest absolute Gasteiger partial charge is 0.508 e. The quantitative estimate of drug-likeness (QED) is 0.493. The molecule has 0 unspecified atom stereocenters. The molecule has 0 aliphatic carbocycles. The lowest BCUT2D eigenvalue weighted by atomic mass is 10.1. The van der Waals surface area contributed by atoms with E-state index in [0.717, 1.165) is 19.3 Å². The maximum atomic E-state index is 11.0. The fraction of sp³-hybridized carbons (Fsp3) is 0.643. The van der Waals surface area contributed by atoms with E-state index >= 15 is 0 Å². The third-order valence-corrected chi connectivity index (χ3v) is 2.15. The van der Waals surface area contributed by atoms with Crippen LogP contribution in [0.1, 0.15) is 47.0 Å². The Balaban J connectivity index is 3.69. The number of hydrogen-bond acceptors (Lipinski definition) is 3. The predicted octanol–water partition coefficient (Wildman–Crippen LogP) is 4.24. The number of hydrogen-bond donors (Lipinski definition) is 0. The summed E-state index contributed by atoms with van der Waals surface area (Å²) < 4.78 is 9.67. The van der Waals surface area contributed by atoms with Crippen LogP contribution in [0.4, 0.5) is 4.79 Å².